The lowest BCUT2D eigenvalue weighted by atomic mass is 9.77. The van der Waals surface area contributed by atoms with Crippen LogP contribution in [0.5, 0.6) is 0 Å². The molecule has 0 saturated carbocycles. The standard InChI is InChI=1S/C19H15Cl2F3N2O3/c1-9-2-4-10(5-3-9)16(27)14-15(11-6-7-12(20)13(21)8-11)25-17(28)26-18(14,29)19(22,23)24/h2-8,14-15,29H,1H3,(H2,25,26,28)/t14-,15-,18-/m0/s1. The van der Waals surface area contributed by atoms with Crippen molar-refractivity contribution in [1.29, 1.82) is 0 Å². The lowest BCUT2D eigenvalue weighted by Gasteiger charge is -2.45. The lowest BCUT2D eigenvalue weighted by molar-refractivity contribution is -0.287. The van der Waals surface area contributed by atoms with E-state index in [4.69, 9.17) is 23.2 Å². The second-order valence-corrected chi connectivity index (χ2v) is 7.54. The summed E-state index contributed by atoms with van der Waals surface area (Å²) in [5.74, 6) is -3.13. The molecular weight excluding hydrogens is 432 g/mol. The van der Waals surface area contributed by atoms with Gasteiger partial charge in [0.2, 0.25) is 5.72 Å². The summed E-state index contributed by atoms with van der Waals surface area (Å²) in [5, 5.41) is 14.4. The molecule has 2 aromatic carbocycles. The van der Waals surface area contributed by atoms with Crippen molar-refractivity contribution in [3.8, 4) is 0 Å². The Hall–Kier alpha value is -2.29. The number of urea groups is 1. The zero-order chi connectivity index (χ0) is 21.6. The molecule has 3 N–H and O–H groups in total. The first kappa shape index (κ1) is 21.4. The third-order valence-electron chi connectivity index (χ3n) is 4.73. The van der Waals surface area contributed by atoms with Gasteiger partial charge in [0.1, 0.15) is 5.92 Å². The molecule has 2 amide bonds. The topological polar surface area (TPSA) is 78.4 Å². The van der Waals surface area contributed by atoms with E-state index in [2.05, 4.69) is 5.32 Å². The van der Waals surface area contributed by atoms with Crippen LogP contribution in [0.25, 0.3) is 0 Å². The average molecular weight is 447 g/mol. The van der Waals surface area contributed by atoms with E-state index >= 15 is 0 Å². The second-order valence-electron chi connectivity index (χ2n) is 6.72. The van der Waals surface area contributed by atoms with Crippen molar-refractivity contribution in [2.75, 3.05) is 0 Å². The first-order valence-corrected chi connectivity index (χ1v) is 9.13. The van der Waals surface area contributed by atoms with Crippen LogP contribution in [-0.4, -0.2) is 28.8 Å². The Bertz CT molecular complexity index is 966. The fourth-order valence-corrected chi connectivity index (χ4v) is 3.53. The molecule has 1 heterocycles. The molecule has 154 valence electrons. The predicted molar refractivity (Wildman–Crippen MR) is 101 cm³/mol. The molecule has 29 heavy (non-hydrogen) atoms. The van der Waals surface area contributed by atoms with Crippen molar-refractivity contribution in [3.05, 3.63) is 69.2 Å². The summed E-state index contributed by atoms with van der Waals surface area (Å²) in [6, 6.07) is 6.93. The van der Waals surface area contributed by atoms with Gasteiger partial charge in [-0.2, -0.15) is 13.2 Å². The number of Topliss-reactive ketones (excluding diaryl/α,β-unsaturated/α-hetero) is 1. The molecule has 0 spiro atoms. The summed E-state index contributed by atoms with van der Waals surface area (Å²) in [7, 11) is 0. The number of carbonyl (C=O) groups excluding carboxylic acids is 2. The van der Waals surface area contributed by atoms with Gasteiger partial charge in [-0.3, -0.25) is 4.79 Å². The van der Waals surface area contributed by atoms with E-state index in [1.54, 1.807) is 19.1 Å². The van der Waals surface area contributed by atoms with Crippen LogP contribution < -0.4 is 10.6 Å². The van der Waals surface area contributed by atoms with Gasteiger partial charge >= 0.3 is 12.2 Å². The van der Waals surface area contributed by atoms with E-state index in [0.29, 0.717) is 0 Å². The molecule has 0 bridgehead atoms. The number of amides is 2. The van der Waals surface area contributed by atoms with Gasteiger partial charge in [0, 0.05) is 5.56 Å². The van der Waals surface area contributed by atoms with Crippen LogP contribution in [0.2, 0.25) is 10.0 Å². The molecule has 1 aliphatic heterocycles. The summed E-state index contributed by atoms with van der Waals surface area (Å²) < 4.78 is 41.5. The van der Waals surface area contributed by atoms with Crippen LogP contribution in [-0.2, 0) is 0 Å². The summed E-state index contributed by atoms with van der Waals surface area (Å²) in [4.78, 5) is 25.1. The normalized spacial score (nSPS) is 24.6. The maximum atomic E-state index is 13.8. The minimum atomic E-state index is -5.33. The predicted octanol–water partition coefficient (Wildman–Crippen LogP) is 4.41. The molecule has 1 saturated heterocycles. The first-order chi connectivity index (χ1) is 13.4. The summed E-state index contributed by atoms with van der Waals surface area (Å²) in [5.41, 5.74) is -2.97. The number of alkyl halides is 3. The number of halogens is 5. The average Bonchev–Trinajstić information content (AvgIpc) is 2.62. The molecule has 5 nitrogen and oxygen atoms in total. The fourth-order valence-electron chi connectivity index (χ4n) is 3.22. The van der Waals surface area contributed by atoms with E-state index in [0.717, 1.165) is 5.56 Å². The van der Waals surface area contributed by atoms with Crippen molar-refractivity contribution in [2.24, 2.45) is 5.92 Å². The highest BCUT2D eigenvalue weighted by Gasteiger charge is 2.66. The zero-order valence-electron chi connectivity index (χ0n) is 14.8. The molecule has 0 aromatic heterocycles. The minimum Gasteiger partial charge on any atom is -0.363 e. The highest BCUT2D eigenvalue weighted by atomic mass is 35.5. The Morgan fingerprint density at radius 3 is 2.28 bits per heavy atom. The van der Waals surface area contributed by atoms with Crippen molar-refractivity contribution in [2.45, 2.75) is 24.9 Å². The highest BCUT2D eigenvalue weighted by molar-refractivity contribution is 6.42. The first-order valence-electron chi connectivity index (χ1n) is 8.37. The minimum absolute atomic E-state index is 0.0223. The third kappa shape index (κ3) is 3.92. The SMILES string of the molecule is Cc1ccc(C(=O)[C@@H]2[C@H](c3ccc(Cl)c(Cl)c3)NC(=O)N[C@@]2(O)C(F)(F)F)cc1. The van der Waals surface area contributed by atoms with E-state index in [-0.39, 0.29) is 21.2 Å². The Kier molecular flexibility index (Phi) is 5.55. The van der Waals surface area contributed by atoms with Crippen molar-refractivity contribution >= 4 is 35.0 Å². The highest BCUT2D eigenvalue weighted by Crippen LogP contribution is 2.44. The van der Waals surface area contributed by atoms with Gasteiger partial charge < -0.3 is 15.7 Å². The molecule has 10 heteroatoms. The largest absolute Gasteiger partial charge is 0.437 e. The van der Waals surface area contributed by atoms with Crippen LogP contribution in [0.15, 0.2) is 42.5 Å². The smallest absolute Gasteiger partial charge is 0.363 e. The maximum absolute atomic E-state index is 13.8. The van der Waals surface area contributed by atoms with Gasteiger partial charge in [0.15, 0.2) is 5.78 Å². The quantitative estimate of drug-likeness (QED) is 0.611. The van der Waals surface area contributed by atoms with E-state index in [1.807, 2.05) is 0 Å². The number of ketones is 1. The van der Waals surface area contributed by atoms with Gasteiger partial charge in [0.05, 0.1) is 16.1 Å². The van der Waals surface area contributed by atoms with E-state index in [9.17, 15) is 27.9 Å². The number of hydrogen-bond donors (Lipinski definition) is 3. The van der Waals surface area contributed by atoms with Crippen molar-refractivity contribution < 1.29 is 27.9 Å². The van der Waals surface area contributed by atoms with Gasteiger partial charge in [-0.1, -0.05) is 59.1 Å². The Balaban J connectivity index is 2.17. The maximum Gasteiger partial charge on any atom is 0.437 e. The zero-order valence-corrected chi connectivity index (χ0v) is 16.4. The van der Waals surface area contributed by atoms with Crippen LogP contribution in [0.4, 0.5) is 18.0 Å². The number of aliphatic hydroxyl groups is 1. The molecule has 0 radical (unpaired) electrons. The van der Waals surface area contributed by atoms with Crippen LogP contribution in [0.3, 0.4) is 0 Å². The number of carbonyl (C=O) groups is 2. The molecule has 0 unspecified atom stereocenters. The van der Waals surface area contributed by atoms with Gasteiger partial charge in [-0.05, 0) is 24.6 Å². The Labute approximate surface area is 173 Å². The van der Waals surface area contributed by atoms with Crippen LogP contribution >= 0.6 is 23.2 Å². The number of benzene rings is 2. The van der Waals surface area contributed by atoms with Crippen LogP contribution in [0, 0.1) is 12.8 Å². The summed E-state index contributed by atoms with van der Waals surface area (Å²) in [6.07, 6.45) is -5.33. The monoisotopic (exact) mass is 446 g/mol. The Morgan fingerprint density at radius 1 is 1.10 bits per heavy atom. The van der Waals surface area contributed by atoms with Gasteiger partial charge in [-0.25, -0.2) is 4.79 Å². The molecule has 3 atom stereocenters. The number of hydrogen-bond acceptors (Lipinski definition) is 3. The van der Waals surface area contributed by atoms with Crippen molar-refractivity contribution in [1.82, 2.24) is 10.6 Å². The van der Waals surface area contributed by atoms with Gasteiger partial charge in [0.25, 0.3) is 0 Å². The van der Waals surface area contributed by atoms with E-state index < -0.39 is 35.7 Å². The van der Waals surface area contributed by atoms with Gasteiger partial charge in [-0.15, -0.1) is 0 Å². The summed E-state index contributed by atoms with van der Waals surface area (Å²) in [6.45, 7) is 1.75. The molecule has 1 aliphatic rings. The van der Waals surface area contributed by atoms with Crippen LogP contribution in [0.1, 0.15) is 27.5 Å². The lowest BCUT2D eigenvalue weighted by Crippen LogP contribution is -2.72. The molecule has 1 fully saturated rings. The Morgan fingerprint density at radius 2 is 1.72 bits per heavy atom. The fraction of sp³-hybridized carbons (Fsp3) is 0.263. The third-order valence-corrected chi connectivity index (χ3v) is 5.47. The molecule has 3 rings (SSSR count). The molecule has 0 aliphatic carbocycles. The molecular formula is C19H15Cl2F3N2O3. The number of rotatable bonds is 3. The second kappa shape index (κ2) is 7.51. The number of nitrogens with one attached hydrogen (secondary N) is 2. The van der Waals surface area contributed by atoms with Crippen molar-refractivity contribution in [3.63, 3.8) is 0 Å². The molecule has 2 aromatic rings. The van der Waals surface area contributed by atoms with E-state index in [1.165, 1.54) is 35.6 Å². The summed E-state index contributed by atoms with van der Waals surface area (Å²) >= 11 is 11.8. The number of aryl methyl sites for hydroxylation is 1.